The standard InChI is InChI=1S/C18H30O.CH2O3.Ca.2H/c1-2-3-4-5-6-7-8-9-10-11-14-17-15-12-13-16-18(17)19;2-1(3)4;;;/h12-13,15-16,19H,2-11,14H2,1H3;(H2,2,3,4);;;. The van der Waals surface area contributed by atoms with Crippen LogP contribution in [0.15, 0.2) is 24.3 Å². The fourth-order valence-electron chi connectivity index (χ4n) is 2.53. The van der Waals surface area contributed by atoms with Gasteiger partial charge in [0.25, 0.3) is 0 Å². The second kappa shape index (κ2) is 18.9. The van der Waals surface area contributed by atoms with Crippen LogP contribution in [0.4, 0.5) is 4.79 Å². The van der Waals surface area contributed by atoms with Crippen molar-refractivity contribution in [1.82, 2.24) is 0 Å². The second-order valence-corrected chi connectivity index (χ2v) is 5.84. The maximum atomic E-state index is 9.65. The van der Waals surface area contributed by atoms with Crippen LogP contribution in [-0.2, 0) is 6.42 Å². The third-order valence-corrected chi connectivity index (χ3v) is 3.79. The summed E-state index contributed by atoms with van der Waals surface area (Å²) in [6.45, 7) is 2.27. The first-order chi connectivity index (χ1) is 11.1. The van der Waals surface area contributed by atoms with Gasteiger partial charge in [-0.2, -0.15) is 0 Å². The molecular weight excluding hydrogens is 332 g/mol. The first kappa shape index (κ1) is 25.8. The molecule has 0 saturated heterocycles. The van der Waals surface area contributed by atoms with Gasteiger partial charge in [0.15, 0.2) is 0 Å². The molecule has 3 N–H and O–H groups in total. The Hall–Kier alpha value is -0.450. The fraction of sp³-hybridized carbons (Fsp3) is 0.632. The van der Waals surface area contributed by atoms with E-state index < -0.39 is 6.16 Å². The number of para-hydroxylation sites is 1. The van der Waals surface area contributed by atoms with Gasteiger partial charge in [0.1, 0.15) is 5.75 Å². The molecule has 24 heavy (non-hydrogen) atoms. The van der Waals surface area contributed by atoms with Gasteiger partial charge in [-0.15, -0.1) is 0 Å². The number of phenols is 1. The normalized spacial score (nSPS) is 9.54. The Bertz CT molecular complexity index is 406. The SMILES string of the molecule is CCCCCCCCCCCCc1ccccc1O.O=C(O)O.[CaH2]. The zero-order valence-corrected chi connectivity index (χ0v) is 14.3. The molecule has 136 valence electrons. The minimum absolute atomic E-state index is 0. The van der Waals surface area contributed by atoms with Gasteiger partial charge in [0.05, 0.1) is 0 Å². The number of carbonyl (C=O) groups is 1. The van der Waals surface area contributed by atoms with Crippen LogP contribution in [0.25, 0.3) is 0 Å². The van der Waals surface area contributed by atoms with Crippen LogP contribution in [0.1, 0.15) is 76.7 Å². The van der Waals surface area contributed by atoms with Crippen LogP contribution in [0.2, 0.25) is 0 Å². The predicted octanol–water partition coefficient (Wildman–Crippen LogP) is 5.16. The van der Waals surface area contributed by atoms with E-state index in [1.165, 1.54) is 64.2 Å². The van der Waals surface area contributed by atoms with Crippen molar-refractivity contribution in [1.29, 1.82) is 0 Å². The number of benzene rings is 1. The molecule has 1 rings (SSSR count). The molecule has 0 amide bonds. The van der Waals surface area contributed by atoms with E-state index in [1.807, 2.05) is 18.2 Å². The van der Waals surface area contributed by atoms with E-state index in [0.717, 1.165) is 12.0 Å². The molecule has 0 radical (unpaired) electrons. The summed E-state index contributed by atoms with van der Waals surface area (Å²) in [5, 5.41) is 23.6. The Morgan fingerprint density at radius 2 is 1.25 bits per heavy atom. The van der Waals surface area contributed by atoms with Crippen molar-refractivity contribution in [2.24, 2.45) is 0 Å². The van der Waals surface area contributed by atoms with Crippen molar-refractivity contribution in [2.45, 2.75) is 77.6 Å². The molecule has 0 heterocycles. The summed E-state index contributed by atoms with van der Waals surface area (Å²) in [5.41, 5.74) is 1.10. The summed E-state index contributed by atoms with van der Waals surface area (Å²) in [6, 6.07) is 7.71. The Morgan fingerprint density at radius 3 is 1.71 bits per heavy atom. The Labute approximate surface area is 176 Å². The van der Waals surface area contributed by atoms with Crippen molar-refractivity contribution in [3.63, 3.8) is 0 Å². The van der Waals surface area contributed by atoms with Crippen LogP contribution in [-0.4, -0.2) is 59.2 Å². The van der Waals surface area contributed by atoms with Crippen molar-refractivity contribution in [3.8, 4) is 5.75 Å². The summed E-state index contributed by atoms with van der Waals surface area (Å²) < 4.78 is 0. The van der Waals surface area contributed by atoms with Gasteiger partial charge in [0.2, 0.25) is 0 Å². The van der Waals surface area contributed by atoms with Gasteiger partial charge in [-0.25, -0.2) is 4.79 Å². The zero-order valence-electron chi connectivity index (χ0n) is 14.3. The number of unbranched alkanes of at least 4 members (excludes halogenated alkanes) is 9. The maximum absolute atomic E-state index is 9.65. The van der Waals surface area contributed by atoms with Crippen LogP contribution < -0.4 is 0 Å². The van der Waals surface area contributed by atoms with Crippen LogP contribution in [0.3, 0.4) is 0 Å². The number of hydrogen-bond donors (Lipinski definition) is 3. The molecule has 0 bridgehead atoms. The van der Waals surface area contributed by atoms with Crippen LogP contribution in [0.5, 0.6) is 5.75 Å². The van der Waals surface area contributed by atoms with Crippen molar-refractivity contribution in [3.05, 3.63) is 29.8 Å². The van der Waals surface area contributed by atoms with Gasteiger partial charge in [0, 0.05) is 0 Å². The number of aromatic hydroxyl groups is 1. The third-order valence-electron chi connectivity index (χ3n) is 3.79. The van der Waals surface area contributed by atoms with Crippen molar-refractivity contribution >= 4 is 43.9 Å². The van der Waals surface area contributed by atoms with Gasteiger partial charge in [-0.05, 0) is 24.5 Å². The van der Waals surface area contributed by atoms with Crippen molar-refractivity contribution < 1.29 is 20.1 Å². The molecule has 0 aliphatic carbocycles. The molecule has 0 spiro atoms. The molecule has 0 fully saturated rings. The summed E-state index contributed by atoms with van der Waals surface area (Å²) in [7, 11) is 0. The summed E-state index contributed by atoms with van der Waals surface area (Å²) >= 11 is 0. The first-order valence-corrected chi connectivity index (χ1v) is 8.76. The number of carboxylic acid groups (broad SMARTS) is 2. The van der Waals surface area contributed by atoms with E-state index >= 15 is 0 Å². The Kier molecular flexibility index (Phi) is 20.3. The minimum atomic E-state index is -1.83. The summed E-state index contributed by atoms with van der Waals surface area (Å²) in [6.07, 6.45) is 12.8. The Morgan fingerprint density at radius 1 is 0.833 bits per heavy atom. The quantitative estimate of drug-likeness (QED) is 0.373. The molecule has 0 aromatic heterocycles. The average molecular weight is 367 g/mol. The van der Waals surface area contributed by atoms with E-state index in [2.05, 4.69) is 6.92 Å². The van der Waals surface area contributed by atoms with Crippen LogP contribution >= 0.6 is 0 Å². The molecule has 4 nitrogen and oxygen atoms in total. The Balaban J connectivity index is 0. The molecule has 5 heteroatoms. The molecule has 1 aromatic carbocycles. The van der Waals surface area contributed by atoms with E-state index in [0.29, 0.717) is 5.75 Å². The van der Waals surface area contributed by atoms with Crippen LogP contribution in [0, 0.1) is 0 Å². The second-order valence-electron chi connectivity index (χ2n) is 5.84. The third kappa shape index (κ3) is 17.9. The summed E-state index contributed by atoms with van der Waals surface area (Å²) in [4.78, 5) is 8.56. The molecule has 0 saturated carbocycles. The van der Waals surface area contributed by atoms with Crippen molar-refractivity contribution in [2.75, 3.05) is 0 Å². The first-order valence-electron chi connectivity index (χ1n) is 8.76. The van der Waals surface area contributed by atoms with E-state index in [9.17, 15) is 5.11 Å². The number of hydrogen-bond acceptors (Lipinski definition) is 2. The van der Waals surface area contributed by atoms with Gasteiger partial charge < -0.3 is 15.3 Å². The number of rotatable bonds is 11. The topological polar surface area (TPSA) is 77.8 Å². The summed E-state index contributed by atoms with van der Waals surface area (Å²) in [5.74, 6) is 0.457. The van der Waals surface area contributed by atoms with E-state index in [4.69, 9.17) is 15.0 Å². The molecular formula is C19H34CaO4. The number of phenolic OH excluding ortho intramolecular Hbond substituents is 1. The van der Waals surface area contributed by atoms with E-state index in [-0.39, 0.29) is 37.7 Å². The average Bonchev–Trinajstić information content (AvgIpc) is 2.50. The molecule has 0 aliphatic rings. The van der Waals surface area contributed by atoms with Gasteiger partial charge in [-0.1, -0.05) is 82.9 Å². The molecule has 0 aliphatic heterocycles. The predicted molar refractivity (Wildman–Crippen MR) is 103 cm³/mol. The number of aryl methyl sites for hydroxylation is 1. The molecule has 0 unspecified atom stereocenters. The zero-order chi connectivity index (χ0) is 17.3. The monoisotopic (exact) mass is 366 g/mol. The van der Waals surface area contributed by atoms with E-state index in [1.54, 1.807) is 6.07 Å². The van der Waals surface area contributed by atoms with Gasteiger partial charge >= 0.3 is 43.9 Å². The fourth-order valence-corrected chi connectivity index (χ4v) is 2.53. The molecule has 1 aromatic rings. The molecule has 0 atom stereocenters. The van der Waals surface area contributed by atoms with Gasteiger partial charge in [-0.3, -0.25) is 0 Å².